The molecule has 0 unspecified atom stereocenters. The van der Waals surface area contributed by atoms with Crippen LogP contribution in [0.15, 0.2) is 42.5 Å². The van der Waals surface area contributed by atoms with Gasteiger partial charge in [0.15, 0.2) is 5.13 Å². The molecule has 0 aliphatic rings. The monoisotopic (exact) mass is 331 g/mol. The van der Waals surface area contributed by atoms with Crippen molar-refractivity contribution in [1.29, 1.82) is 0 Å². The van der Waals surface area contributed by atoms with E-state index in [9.17, 15) is 14.9 Å². The molecule has 2 aromatic heterocycles. The Hall–Kier alpha value is -2.58. The molecule has 0 saturated carbocycles. The molecule has 0 aliphatic carbocycles. The first kappa shape index (κ1) is 14.4. The van der Waals surface area contributed by atoms with Crippen LogP contribution in [0.4, 0.5) is 10.1 Å². The van der Waals surface area contributed by atoms with Gasteiger partial charge in [0.05, 0.1) is 15.1 Å². The largest absolute Gasteiger partial charge is 0.324 e. The van der Waals surface area contributed by atoms with Gasteiger partial charge in [-0.05, 0) is 24.3 Å². The molecule has 22 heavy (non-hydrogen) atoms. The Morgan fingerprint density at radius 2 is 2.05 bits per heavy atom. The molecule has 0 bridgehead atoms. The fraction of sp³-hybridized carbons (Fsp3) is 0. The third-order valence-corrected chi connectivity index (χ3v) is 4.67. The predicted octanol–water partition coefficient (Wildman–Crippen LogP) is 3.92. The number of para-hydroxylation sites is 1. The van der Waals surface area contributed by atoms with E-state index < -0.39 is 4.92 Å². The van der Waals surface area contributed by atoms with Crippen LogP contribution >= 0.6 is 22.7 Å². The first-order chi connectivity index (χ1) is 10.6. The number of rotatable bonds is 4. The molecule has 0 radical (unpaired) electrons. The summed E-state index contributed by atoms with van der Waals surface area (Å²) in [5.74, 6) is -0.324. The van der Waals surface area contributed by atoms with Crippen LogP contribution in [-0.2, 0) is 4.79 Å². The van der Waals surface area contributed by atoms with E-state index >= 15 is 0 Å². The molecule has 0 atom stereocenters. The number of anilines is 1. The van der Waals surface area contributed by atoms with E-state index in [0.717, 1.165) is 21.6 Å². The van der Waals surface area contributed by atoms with Crippen LogP contribution in [0, 0.1) is 10.1 Å². The summed E-state index contributed by atoms with van der Waals surface area (Å²) in [5.41, 5.74) is 0.834. The fourth-order valence-corrected chi connectivity index (χ4v) is 3.35. The van der Waals surface area contributed by atoms with Crippen molar-refractivity contribution in [3.8, 4) is 0 Å². The lowest BCUT2D eigenvalue weighted by molar-refractivity contribution is -0.380. The average molecular weight is 331 g/mol. The van der Waals surface area contributed by atoms with Gasteiger partial charge in [0.1, 0.15) is 0 Å². The number of benzene rings is 1. The van der Waals surface area contributed by atoms with Gasteiger partial charge in [-0.15, -0.1) is 0 Å². The van der Waals surface area contributed by atoms with Gasteiger partial charge in [-0.25, -0.2) is 4.98 Å². The quantitative estimate of drug-likeness (QED) is 0.446. The fourth-order valence-electron chi connectivity index (χ4n) is 1.76. The number of thiophene rings is 1. The summed E-state index contributed by atoms with van der Waals surface area (Å²) in [4.78, 5) is 26.9. The van der Waals surface area contributed by atoms with E-state index in [0.29, 0.717) is 10.0 Å². The zero-order valence-electron chi connectivity index (χ0n) is 11.1. The van der Waals surface area contributed by atoms with E-state index in [1.165, 1.54) is 23.5 Å². The number of hydrogen-bond acceptors (Lipinski definition) is 6. The number of nitro groups is 1. The molecule has 110 valence electrons. The highest BCUT2D eigenvalue weighted by molar-refractivity contribution is 7.22. The lowest BCUT2D eigenvalue weighted by Gasteiger charge is -1.94. The van der Waals surface area contributed by atoms with Crippen LogP contribution in [0.1, 0.15) is 4.88 Å². The smallest absolute Gasteiger partial charge is 0.298 e. The zero-order chi connectivity index (χ0) is 15.5. The molecule has 1 amide bonds. The molecule has 3 rings (SSSR count). The lowest BCUT2D eigenvalue weighted by Crippen LogP contribution is -2.06. The Morgan fingerprint density at radius 3 is 2.77 bits per heavy atom. The summed E-state index contributed by atoms with van der Waals surface area (Å²) >= 11 is 2.41. The van der Waals surface area contributed by atoms with Crippen molar-refractivity contribution in [3.63, 3.8) is 0 Å². The van der Waals surface area contributed by atoms with Gasteiger partial charge in [-0.1, -0.05) is 34.8 Å². The number of carbonyl (C=O) groups excluding carboxylic acids is 1. The minimum atomic E-state index is -0.455. The van der Waals surface area contributed by atoms with Crippen molar-refractivity contribution in [2.45, 2.75) is 0 Å². The number of hydrogen-bond donors (Lipinski definition) is 1. The molecular formula is C14H9N3O3S2. The van der Waals surface area contributed by atoms with Crippen molar-refractivity contribution in [2.75, 3.05) is 5.32 Å². The number of aromatic nitrogens is 1. The first-order valence-electron chi connectivity index (χ1n) is 6.21. The number of carbonyl (C=O) groups is 1. The maximum atomic E-state index is 11.8. The molecule has 0 saturated heterocycles. The number of thiazole rings is 1. The molecule has 1 N–H and O–H groups in total. The second-order valence-corrected chi connectivity index (χ2v) is 6.37. The first-order valence-corrected chi connectivity index (χ1v) is 7.84. The highest BCUT2D eigenvalue weighted by Gasteiger charge is 2.08. The van der Waals surface area contributed by atoms with E-state index in [2.05, 4.69) is 10.3 Å². The second-order valence-electron chi connectivity index (χ2n) is 4.24. The standard InChI is InChI=1S/C14H9N3O3S2/c18-12(7-5-9-6-8-13(21-9)17(19)20)16-14-15-10-3-1-2-4-11(10)22-14/h1-8H,(H,15,16,18). The van der Waals surface area contributed by atoms with Crippen molar-refractivity contribution < 1.29 is 9.72 Å². The van der Waals surface area contributed by atoms with Gasteiger partial charge in [0.25, 0.3) is 0 Å². The Labute approximate surface area is 132 Å². The van der Waals surface area contributed by atoms with Gasteiger partial charge in [0, 0.05) is 17.0 Å². The minimum absolute atomic E-state index is 0.0474. The summed E-state index contributed by atoms with van der Waals surface area (Å²) in [6.45, 7) is 0. The number of nitrogens with zero attached hydrogens (tertiary/aromatic N) is 2. The minimum Gasteiger partial charge on any atom is -0.298 e. The zero-order valence-corrected chi connectivity index (χ0v) is 12.7. The van der Waals surface area contributed by atoms with Gasteiger partial charge >= 0.3 is 5.00 Å². The summed E-state index contributed by atoms with van der Waals surface area (Å²) in [7, 11) is 0. The van der Waals surface area contributed by atoms with Gasteiger partial charge in [0.2, 0.25) is 5.91 Å². The van der Waals surface area contributed by atoms with Gasteiger partial charge in [-0.3, -0.25) is 20.2 Å². The molecule has 6 nitrogen and oxygen atoms in total. The van der Waals surface area contributed by atoms with Crippen LogP contribution in [0.3, 0.4) is 0 Å². The van der Waals surface area contributed by atoms with Crippen LogP contribution in [-0.4, -0.2) is 15.8 Å². The topological polar surface area (TPSA) is 85.1 Å². The normalized spacial score (nSPS) is 11.1. The van der Waals surface area contributed by atoms with Crippen LogP contribution < -0.4 is 5.32 Å². The Balaban J connectivity index is 1.68. The molecule has 1 aromatic carbocycles. The lowest BCUT2D eigenvalue weighted by atomic mass is 10.3. The summed E-state index contributed by atoms with van der Waals surface area (Å²) < 4.78 is 0.996. The van der Waals surface area contributed by atoms with E-state index in [1.54, 1.807) is 12.1 Å². The van der Waals surface area contributed by atoms with Crippen molar-refractivity contribution >= 4 is 55.0 Å². The molecule has 0 aliphatic heterocycles. The Kier molecular flexibility index (Phi) is 3.94. The van der Waals surface area contributed by atoms with E-state index in [4.69, 9.17) is 0 Å². The summed E-state index contributed by atoms with van der Waals surface area (Å²) in [6, 6.07) is 10.6. The molecule has 0 fully saturated rings. The van der Waals surface area contributed by atoms with E-state index in [-0.39, 0.29) is 10.9 Å². The van der Waals surface area contributed by atoms with Crippen molar-refractivity contribution in [2.24, 2.45) is 0 Å². The number of fused-ring (bicyclic) bond motifs is 1. The number of amides is 1. The third kappa shape index (κ3) is 3.18. The van der Waals surface area contributed by atoms with E-state index in [1.807, 2.05) is 24.3 Å². The highest BCUT2D eigenvalue weighted by Crippen LogP contribution is 2.26. The predicted molar refractivity (Wildman–Crippen MR) is 88.3 cm³/mol. The molecular weight excluding hydrogens is 322 g/mol. The SMILES string of the molecule is O=C(C=Cc1ccc([N+](=O)[O-])s1)Nc1nc2ccccc2s1. The summed E-state index contributed by atoms with van der Waals surface area (Å²) in [6.07, 6.45) is 2.88. The average Bonchev–Trinajstić information content (AvgIpc) is 3.11. The molecule has 2 heterocycles. The third-order valence-electron chi connectivity index (χ3n) is 2.72. The Morgan fingerprint density at radius 1 is 1.23 bits per heavy atom. The van der Waals surface area contributed by atoms with Gasteiger partial charge in [-0.2, -0.15) is 0 Å². The molecule has 3 aromatic rings. The highest BCUT2D eigenvalue weighted by atomic mass is 32.1. The maximum absolute atomic E-state index is 11.8. The van der Waals surface area contributed by atoms with Crippen molar-refractivity contribution in [3.05, 3.63) is 57.5 Å². The second kappa shape index (κ2) is 6.04. The van der Waals surface area contributed by atoms with Crippen LogP contribution in [0.25, 0.3) is 16.3 Å². The molecule has 8 heteroatoms. The maximum Gasteiger partial charge on any atom is 0.324 e. The Bertz CT molecular complexity index is 849. The number of nitrogens with one attached hydrogen (secondary N) is 1. The van der Waals surface area contributed by atoms with Gasteiger partial charge < -0.3 is 0 Å². The van der Waals surface area contributed by atoms with Crippen molar-refractivity contribution in [1.82, 2.24) is 4.98 Å². The van der Waals surface area contributed by atoms with Crippen LogP contribution in [0.5, 0.6) is 0 Å². The van der Waals surface area contributed by atoms with Crippen LogP contribution in [0.2, 0.25) is 0 Å². The molecule has 0 spiro atoms. The summed E-state index contributed by atoms with van der Waals surface area (Å²) in [5, 5.41) is 13.8.